The highest BCUT2D eigenvalue weighted by Crippen LogP contribution is 2.29. The average molecular weight is 451 g/mol. The number of aromatic nitrogens is 1. The number of carbonyl (C=O) groups excluding carboxylic acids is 2. The lowest BCUT2D eigenvalue weighted by molar-refractivity contribution is -0.121. The predicted molar refractivity (Wildman–Crippen MR) is 116 cm³/mol. The van der Waals surface area contributed by atoms with Crippen molar-refractivity contribution in [2.24, 2.45) is 11.7 Å². The Morgan fingerprint density at radius 3 is 2.37 bits per heavy atom. The second-order valence-electron chi connectivity index (χ2n) is 7.68. The number of nitrogens with two attached hydrogens (primary N) is 1. The maximum atomic E-state index is 13.2. The minimum Gasteiger partial charge on any atom is -0.369 e. The summed E-state index contributed by atoms with van der Waals surface area (Å²) in [5.41, 5.74) is 8.18. The molecule has 0 bridgehead atoms. The molecule has 1 fully saturated rings. The summed E-state index contributed by atoms with van der Waals surface area (Å²) in [6.45, 7) is 6.15. The number of aryl methyl sites for hydroxylation is 3. The van der Waals surface area contributed by atoms with Gasteiger partial charge < -0.3 is 11.1 Å². The Labute approximate surface area is 180 Å². The molecular weight excluding hydrogens is 424 g/mol. The number of amides is 2. The Hall–Kier alpha value is -2.30. The van der Waals surface area contributed by atoms with E-state index in [1.807, 2.05) is 32.9 Å². The number of sulfonamides is 1. The molecule has 10 heteroatoms. The Balaban J connectivity index is 1.63. The standard InChI is InChI=1S/C20H26N4O4S2/c1-12-8-13(2)18(14(3)9-12)30(27,28)24-6-4-15(5-7-24)19(26)23-20-22-16(11-29-20)10-17(21)25/h8-9,11,15H,4-7,10H2,1-3H3,(H2,21,25)(H,22,23,26). The molecule has 2 heterocycles. The molecule has 162 valence electrons. The van der Waals surface area contributed by atoms with Gasteiger partial charge in [0.1, 0.15) is 0 Å². The van der Waals surface area contributed by atoms with Crippen molar-refractivity contribution < 1.29 is 18.0 Å². The molecule has 1 aromatic heterocycles. The number of rotatable bonds is 6. The molecule has 0 radical (unpaired) electrons. The van der Waals surface area contributed by atoms with Crippen LogP contribution in [0, 0.1) is 26.7 Å². The van der Waals surface area contributed by atoms with Crippen molar-refractivity contribution in [2.75, 3.05) is 18.4 Å². The molecule has 8 nitrogen and oxygen atoms in total. The smallest absolute Gasteiger partial charge is 0.243 e. The maximum Gasteiger partial charge on any atom is 0.243 e. The van der Waals surface area contributed by atoms with Crippen molar-refractivity contribution in [3.8, 4) is 0 Å². The largest absolute Gasteiger partial charge is 0.369 e. The van der Waals surface area contributed by atoms with Crippen LogP contribution >= 0.6 is 11.3 Å². The summed E-state index contributed by atoms with van der Waals surface area (Å²) in [5, 5.41) is 4.86. The van der Waals surface area contributed by atoms with Crippen molar-refractivity contribution in [1.82, 2.24) is 9.29 Å². The highest BCUT2D eigenvalue weighted by atomic mass is 32.2. The molecule has 30 heavy (non-hydrogen) atoms. The number of hydrogen-bond acceptors (Lipinski definition) is 6. The summed E-state index contributed by atoms with van der Waals surface area (Å²) in [6.07, 6.45) is 0.906. The molecule has 0 spiro atoms. The molecule has 0 unspecified atom stereocenters. The highest BCUT2D eigenvalue weighted by Gasteiger charge is 2.34. The summed E-state index contributed by atoms with van der Waals surface area (Å²) in [7, 11) is -3.61. The number of hydrogen-bond donors (Lipinski definition) is 2. The van der Waals surface area contributed by atoms with Crippen LogP contribution in [0.3, 0.4) is 0 Å². The van der Waals surface area contributed by atoms with Crippen LogP contribution in [0.25, 0.3) is 0 Å². The van der Waals surface area contributed by atoms with Crippen LogP contribution in [0.1, 0.15) is 35.2 Å². The van der Waals surface area contributed by atoms with Gasteiger partial charge in [-0.05, 0) is 44.7 Å². The first kappa shape index (κ1) is 22.4. The van der Waals surface area contributed by atoms with E-state index in [0.29, 0.717) is 28.6 Å². The van der Waals surface area contributed by atoms with Gasteiger partial charge in [-0.2, -0.15) is 4.31 Å². The minimum atomic E-state index is -3.61. The number of thiazole rings is 1. The van der Waals surface area contributed by atoms with Crippen LogP contribution in [-0.2, 0) is 26.0 Å². The monoisotopic (exact) mass is 450 g/mol. The first-order chi connectivity index (χ1) is 14.1. The molecule has 1 saturated heterocycles. The van der Waals surface area contributed by atoms with E-state index in [-0.39, 0.29) is 31.3 Å². The first-order valence-corrected chi connectivity index (χ1v) is 12.0. The number of benzene rings is 1. The van der Waals surface area contributed by atoms with Gasteiger partial charge in [0, 0.05) is 24.4 Å². The molecular formula is C20H26N4O4S2. The Morgan fingerprint density at radius 2 is 1.80 bits per heavy atom. The van der Waals surface area contributed by atoms with E-state index in [1.165, 1.54) is 15.6 Å². The number of nitrogens with zero attached hydrogens (tertiary/aromatic N) is 2. The van der Waals surface area contributed by atoms with Gasteiger partial charge in [-0.25, -0.2) is 13.4 Å². The molecule has 1 aliphatic rings. The molecule has 0 atom stereocenters. The lowest BCUT2D eigenvalue weighted by atomic mass is 9.97. The minimum absolute atomic E-state index is 0.0282. The number of carbonyl (C=O) groups is 2. The molecule has 2 amide bonds. The van der Waals surface area contributed by atoms with Crippen molar-refractivity contribution >= 4 is 38.3 Å². The van der Waals surface area contributed by atoms with Crippen LogP contribution < -0.4 is 11.1 Å². The zero-order valence-corrected chi connectivity index (χ0v) is 18.9. The molecule has 3 N–H and O–H groups in total. The van der Waals surface area contributed by atoms with Crippen LogP contribution in [0.15, 0.2) is 22.4 Å². The Bertz CT molecular complexity index is 1050. The second kappa shape index (κ2) is 8.83. The molecule has 1 aliphatic heterocycles. The van der Waals surface area contributed by atoms with Gasteiger partial charge in [-0.1, -0.05) is 17.7 Å². The fraction of sp³-hybridized carbons (Fsp3) is 0.450. The summed E-state index contributed by atoms with van der Waals surface area (Å²) in [5.74, 6) is -0.958. The SMILES string of the molecule is Cc1cc(C)c(S(=O)(=O)N2CCC(C(=O)Nc3nc(CC(N)=O)cs3)CC2)c(C)c1. The summed E-state index contributed by atoms with van der Waals surface area (Å²) in [6, 6.07) is 3.75. The maximum absolute atomic E-state index is 13.2. The zero-order chi connectivity index (χ0) is 22.1. The Morgan fingerprint density at radius 1 is 1.20 bits per heavy atom. The van der Waals surface area contributed by atoms with Gasteiger partial charge in [-0.15, -0.1) is 11.3 Å². The van der Waals surface area contributed by atoms with E-state index >= 15 is 0 Å². The molecule has 0 aliphatic carbocycles. The normalized spacial score (nSPS) is 15.8. The quantitative estimate of drug-likeness (QED) is 0.698. The van der Waals surface area contributed by atoms with Crippen molar-refractivity contribution in [3.05, 3.63) is 39.9 Å². The third kappa shape index (κ3) is 4.88. The van der Waals surface area contributed by atoms with E-state index in [4.69, 9.17) is 5.73 Å². The topological polar surface area (TPSA) is 122 Å². The lowest BCUT2D eigenvalue weighted by Gasteiger charge is -2.31. The van der Waals surface area contributed by atoms with Gasteiger partial charge in [0.05, 0.1) is 17.0 Å². The van der Waals surface area contributed by atoms with E-state index in [1.54, 1.807) is 5.38 Å². The van der Waals surface area contributed by atoms with E-state index in [2.05, 4.69) is 10.3 Å². The molecule has 3 rings (SSSR count). The van der Waals surface area contributed by atoms with Crippen LogP contribution in [-0.4, -0.2) is 42.6 Å². The second-order valence-corrected chi connectivity index (χ2v) is 10.4. The van der Waals surface area contributed by atoms with E-state index in [0.717, 1.165) is 16.7 Å². The van der Waals surface area contributed by atoms with Gasteiger partial charge in [-0.3, -0.25) is 9.59 Å². The zero-order valence-electron chi connectivity index (χ0n) is 17.3. The third-order valence-electron chi connectivity index (χ3n) is 5.16. The fourth-order valence-electron chi connectivity index (χ4n) is 3.89. The molecule has 1 aromatic carbocycles. The van der Waals surface area contributed by atoms with Crippen molar-refractivity contribution in [3.63, 3.8) is 0 Å². The van der Waals surface area contributed by atoms with Crippen molar-refractivity contribution in [1.29, 1.82) is 0 Å². The van der Waals surface area contributed by atoms with E-state index in [9.17, 15) is 18.0 Å². The fourth-order valence-corrected chi connectivity index (χ4v) is 6.49. The van der Waals surface area contributed by atoms with Crippen LogP contribution in [0.4, 0.5) is 5.13 Å². The van der Waals surface area contributed by atoms with E-state index < -0.39 is 15.9 Å². The average Bonchev–Trinajstić information content (AvgIpc) is 3.06. The van der Waals surface area contributed by atoms with Gasteiger partial charge in [0.2, 0.25) is 21.8 Å². The van der Waals surface area contributed by atoms with Gasteiger partial charge >= 0.3 is 0 Å². The number of nitrogens with one attached hydrogen (secondary N) is 1. The highest BCUT2D eigenvalue weighted by molar-refractivity contribution is 7.89. The number of primary amides is 1. The van der Waals surface area contributed by atoms with Gasteiger partial charge in [0.15, 0.2) is 5.13 Å². The summed E-state index contributed by atoms with van der Waals surface area (Å²) < 4.78 is 27.8. The third-order valence-corrected chi connectivity index (χ3v) is 8.18. The molecule has 2 aromatic rings. The van der Waals surface area contributed by atoms with Crippen LogP contribution in [0.2, 0.25) is 0 Å². The lowest BCUT2D eigenvalue weighted by Crippen LogP contribution is -2.41. The van der Waals surface area contributed by atoms with Gasteiger partial charge in [0.25, 0.3) is 0 Å². The number of piperidine rings is 1. The summed E-state index contributed by atoms with van der Waals surface area (Å²) >= 11 is 1.23. The first-order valence-electron chi connectivity index (χ1n) is 9.69. The molecule has 0 saturated carbocycles. The summed E-state index contributed by atoms with van der Waals surface area (Å²) in [4.78, 5) is 28.1. The number of anilines is 1. The van der Waals surface area contributed by atoms with Crippen LogP contribution in [0.5, 0.6) is 0 Å². The Kier molecular flexibility index (Phi) is 6.59. The predicted octanol–water partition coefficient (Wildman–Crippen LogP) is 2.14. The van der Waals surface area contributed by atoms with Crippen molar-refractivity contribution in [2.45, 2.75) is 44.9 Å².